The Morgan fingerprint density at radius 1 is 1.00 bits per heavy atom. The summed E-state index contributed by atoms with van der Waals surface area (Å²) in [5.41, 5.74) is 1.48. The number of benzene rings is 2. The molecule has 0 atom stereocenters. The van der Waals surface area contributed by atoms with Crippen molar-refractivity contribution in [1.82, 2.24) is 0 Å². The number of rotatable bonds is 2. The standard InChI is InChI=1S/C16H10O4/c17-15-9-13(10-4-2-1-3-5-10)12-7-6-11(16(18)19)8-14(12)20-15/h1-9H,(H,18,19). The van der Waals surface area contributed by atoms with E-state index in [9.17, 15) is 9.59 Å². The van der Waals surface area contributed by atoms with Gasteiger partial charge >= 0.3 is 11.6 Å². The number of hydrogen-bond acceptors (Lipinski definition) is 3. The molecule has 0 saturated heterocycles. The molecule has 0 spiro atoms. The van der Waals surface area contributed by atoms with Crippen molar-refractivity contribution >= 4 is 16.9 Å². The summed E-state index contributed by atoms with van der Waals surface area (Å²) in [6.07, 6.45) is 0. The molecule has 0 amide bonds. The first-order valence-corrected chi connectivity index (χ1v) is 6.02. The Kier molecular flexibility index (Phi) is 2.84. The SMILES string of the molecule is O=C(O)c1ccc2c(-c3ccccc3)cc(=O)oc2c1. The summed E-state index contributed by atoms with van der Waals surface area (Å²) in [6.45, 7) is 0. The lowest BCUT2D eigenvalue weighted by Gasteiger charge is -2.06. The third-order valence-corrected chi connectivity index (χ3v) is 3.08. The molecule has 1 heterocycles. The van der Waals surface area contributed by atoms with Crippen molar-refractivity contribution in [3.05, 3.63) is 70.6 Å². The molecule has 0 aliphatic heterocycles. The lowest BCUT2D eigenvalue weighted by Crippen LogP contribution is -2.00. The van der Waals surface area contributed by atoms with Crippen LogP contribution in [0.25, 0.3) is 22.1 Å². The number of carboxylic acid groups (broad SMARTS) is 1. The van der Waals surface area contributed by atoms with Crippen LogP contribution in [0.2, 0.25) is 0 Å². The minimum absolute atomic E-state index is 0.0888. The fourth-order valence-electron chi connectivity index (χ4n) is 2.15. The lowest BCUT2D eigenvalue weighted by atomic mass is 10.0. The smallest absolute Gasteiger partial charge is 0.336 e. The number of carbonyl (C=O) groups is 1. The van der Waals surface area contributed by atoms with Crippen LogP contribution in [0.3, 0.4) is 0 Å². The van der Waals surface area contributed by atoms with E-state index >= 15 is 0 Å². The van der Waals surface area contributed by atoms with E-state index in [4.69, 9.17) is 9.52 Å². The molecule has 0 fully saturated rings. The summed E-state index contributed by atoms with van der Waals surface area (Å²) < 4.78 is 5.10. The van der Waals surface area contributed by atoms with E-state index in [0.29, 0.717) is 5.39 Å². The van der Waals surface area contributed by atoms with E-state index in [-0.39, 0.29) is 11.1 Å². The van der Waals surface area contributed by atoms with Crippen LogP contribution in [0.1, 0.15) is 10.4 Å². The second-order valence-corrected chi connectivity index (χ2v) is 4.36. The van der Waals surface area contributed by atoms with E-state index < -0.39 is 11.6 Å². The van der Waals surface area contributed by atoms with Gasteiger partial charge in [-0.25, -0.2) is 9.59 Å². The zero-order chi connectivity index (χ0) is 14.1. The molecule has 3 aromatic rings. The Hall–Kier alpha value is -2.88. The Labute approximate surface area is 113 Å². The van der Waals surface area contributed by atoms with E-state index in [0.717, 1.165) is 11.1 Å². The molecular formula is C16H10O4. The number of hydrogen-bond donors (Lipinski definition) is 1. The second kappa shape index (κ2) is 4.66. The zero-order valence-electron chi connectivity index (χ0n) is 10.4. The van der Waals surface area contributed by atoms with Crippen LogP contribution in [-0.4, -0.2) is 11.1 Å². The van der Waals surface area contributed by atoms with E-state index in [2.05, 4.69) is 0 Å². The van der Waals surface area contributed by atoms with Gasteiger partial charge in [-0.2, -0.15) is 0 Å². The van der Waals surface area contributed by atoms with Gasteiger partial charge in [0.1, 0.15) is 5.58 Å². The summed E-state index contributed by atoms with van der Waals surface area (Å²) >= 11 is 0. The highest BCUT2D eigenvalue weighted by atomic mass is 16.4. The topological polar surface area (TPSA) is 67.5 Å². The van der Waals surface area contributed by atoms with Crippen LogP contribution in [0.5, 0.6) is 0 Å². The Bertz CT molecular complexity index is 847. The first kappa shape index (κ1) is 12.2. The highest BCUT2D eigenvalue weighted by Crippen LogP contribution is 2.27. The third-order valence-electron chi connectivity index (χ3n) is 3.08. The van der Waals surface area contributed by atoms with Gasteiger partial charge in [0.25, 0.3) is 0 Å². The summed E-state index contributed by atoms with van der Waals surface area (Å²) in [5.74, 6) is -1.06. The average molecular weight is 266 g/mol. The van der Waals surface area contributed by atoms with Crippen LogP contribution < -0.4 is 5.63 Å². The summed E-state index contributed by atoms with van der Waals surface area (Å²) in [7, 11) is 0. The molecule has 1 aromatic heterocycles. The molecule has 4 nitrogen and oxygen atoms in total. The van der Waals surface area contributed by atoms with Gasteiger partial charge in [-0.05, 0) is 29.3 Å². The summed E-state index contributed by atoms with van der Waals surface area (Å²) in [5, 5.41) is 9.69. The van der Waals surface area contributed by atoms with Crippen molar-refractivity contribution in [2.75, 3.05) is 0 Å². The second-order valence-electron chi connectivity index (χ2n) is 4.36. The molecule has 3 rings (SSSR count). The summed E-state index contributed by atoms with van der Waals surface area (Å²) in [4.78, 5) is 22.6. The maximum Gasteiger partial charge on any atom is 0.336 e. The molecule has 20 heavy (non-hydrogen) atoms. The monoisotopic (exact) mass is 266 g/mol. The van der Waals surface area contributed by atoms with Crippen molar-refractivity contribution in [2.45, 2.75) is 0 Å². The van der Waals surface area contributed by atoms with E-state index in [1.165, 1.54) is 18.2 Å². The average Bonchev–Trinajstić information content (AvgIpc) is 2.46. The van der Waals surface area contributed by atoms with Crippen molar-refractivity contribution in [3.8, 4) is 11.1 Å². The Morgan fingerprint density at radius 2 is 1.75 bits per heavy atom. The minimum Gasteiger partial charge on any atom is -0.478 e. The number of carboxylic acids is 1. The molecule has 0 aliphatic carbocycles. The van der Waals surface area contributed by atoms with Gasteiger partial charge in [-0.15, -0.1) is 0 Å². The molecule has 0 bridgehead atoms. The van der Waals surface area contributed by atoms with Gasteiger partial charge in [0, 0.05) is 11.5 Å². The van der Waals surface area contributed by atoms with Crippen LogP contribution >= 0.6 is 0 Å². The van der Waals surface area contributed by atoms with Gasteiger partial charge in [-0.3, -0.25) is 0 Å². The van der Waals surface area contributed by atoms with Gasteiger partial charge in [0.2, 0.25) is 0 Å². The maximum absolute atomic E-state index is 11.6. The van der Waals surface area contributed by atoms with E-state index in [1.807, 2.05) is 30.3 Å². The van der Waals surface area contributed by atoms with Crippen molar-refractivity contribution < 1.29 is 14.3 Å². The van der Waals surface area contributed by atoms with Crippen molar-refractivity contribution in [2.24, 2.45) is 0 Å². The lowest BCUT2D eigenvalue weighted by molar-refractivity contribution is 0.0697. The largest absolute Gasteiger partial charge is 0.478 e. The van der Waals surface area contributed by atoms with Crippen LogP contribution in [0.15, 0.2) is 63.8 Å². The van der Waals surface area contributed by atoms with Crippen LogP contribution in [0, 0.1) is 0 Å². The molecule has 0 saturated carbocycles. The fourth-order valence-corrected chi connectivity index (χ4v) is 2.15. The third kappa shape index (κ3) is 2.07. The predicted octanol–water partition coefficient (Wildman–Crippen LogP) is 3.16. The van der Waals surface area contributed by atoms with Gasteiger partial charge in [0.05, 0.1) is 5.56 Å². The molecule has 0 unspecified atom stereocenters. The molecule has 98 valence electrons. The zero-order valence-corrected chi connectivity index (χ0v) is 10.4. The molecular weight excluding hydrogens is 256 g/mol. The van der Waals surface area contributed by atoms with Crippen LogP contribution in [0.4, 0.5) is 0 Å². The molecule has 4 heteroatoms. The maximum atomic E-state index is 11.6. The van der Waals surface area contributed by atoms with Gasteiger partial charge < -0.3 is 9.52 Å². The molecule has 0 radical (unpaired) electrons. The first-order valence-electron chi connectivity index (χ1n) is 6.02. The fraction of sp³-hybridized carbons (Fsp3) is 0. The van der Waals surface area contributed by atoms with Crippen molar-refractivity contribution in [1.29, 1.82) is 0 Å². The quantitative estimate of drug-likeness (QED) is 0.723. The number of aromatic carboxylic acids is 1. The first-order chi connectivity index (χ1) is 9.65. The highest BCUT2D eigenvalue weighted by molar-refractivity contribution is 5.98. The predicted molar refractivity (Wildman–Crippen MR) is 74.9 cm³/mol. The molecule has 1 N–H and O–H groups in total. The Balaban J connectivity index is 2.33. The Morgan fingerprint density at radius 3 is 2.45 bits per heavy atom. The van der Waals surface area contributed by atoms with Crippen molar-refractivity contribution in [3.63, 3.8) is 0 Å². The van der Waals surface area contributed by atoms with Crippen LogP contribution in [-0.2, 0) is 0 Å². The normalized spacial score (nSPS) is 10.6. The van der Waals surface area contributed by atoms with Gasteiger partial charge in [-0.1, -0.05) is 30.3 Å². The van der Waals surface area contributed by atoms with Gasteiger partial charge in [0.15, 0.2) is 0 Å². The highest BCUT2D eigenvalue weighted by Gasteiger charge is 2.10. The number of fused-ring (bicyclic) bond motifs is 1. The molecule has 0 aliphatic rings. The van der Waals surface area contributed by atoms with E-state index in [1.54, 1.807) is 6.07 Å². The summed E-state index contributed by atoms with van der Waals surface area (Å²) in [6, 6.07) is 15.4. The molecule has 2 aromatic carbocycles. The minimum atomic E-state index is -1.06.